The lowest BCUT2D eigenvalue weighted by Crippen LogP contribution is -2.21. The van der Waals surface area contributed by atoms with Crippen LogP contribution < -0.4 is 5.56 Å². The Bertz CT molecular complexity index is 1210. The average Bonchev–Trinajstić information content (AvgIpc) is 3.46. The van der Waals surface area contributed by atoms with Gasteiger partial charge in [0, 0.05) is 5.92 Å². The number of nitrogens with zero attached hydrogens (tertiary/aromatic N) is 4. The van der Waals surface area contributed by atoms with Gasteiger partial charge in [-0.15, -0.1) is 0 Å². The van der Waals surface area contributed by atoms with Gasteiger partial charge in [-0.2, -0.15) is 4.98 Å². The molecule has 0 amide bonds. The first-order valence-corrected chi connectivity index (χ1v) is 10.2. The fourth-order valence-electron chi connectivity index (χ4n) is 3.08. The summed E-state index contributed by atoms with van der Waals surface area (Å²) >= 11 is 1.44. The van der Waals surface area contributed by atoms with E-state index < -0.39 is 0 Å². The molecule has 2 aromatic heterocycles. The van der Waals surface area contributed by atoms with Crippen molar-refractivity contribution in [2.45, 2.75) is 36.6 Å². The topological polar surface area (TPSA) is 73.8 Å². The van der Waals surface area contributed by atoms with Crippen LogP contribution in [0.1, 0.15) is 36.0 Å². The molecule has 1 saturated carbocycles. The van der Waals surface area contributed by atoms with E-state index in [0.717, 1.165) is 30.0 Å². The third-order valence-corrected chi connectivity index (χ3v) is 5.71. The molecule has 0 aliphatic heterocycles. The van der Waals surface area contributed by atoms with E-state index in [-0.39, 0.29) is 5.56 Å². The van der Waals surface area contributed by atoms with Crippen molar-refractivity contribution in [1.82, 2.24) is 19.7 Å². The van der Waals surface area contributed by atoms with Gasteiger partial charge in [0.05, 0.1) is 22.3 Å². The summed E-state index contributed by atoms with van der Waals surface area (Å²) in [5.74, 6) is 2.27. The highest BCUT2D eigenvalue weighted by molar-refractivity contribution is 7.98. The molecule has 0 saturated heterocycles. The number of hydrogen-bond acceptors (Lipinski definition) is 6. The summed E-state index contributed by atoms with van der Waals surface area (Å²) in [4.78, 5) is 22.4. The van der Waals surface area contributed by atoms with Crippen LogP contribution in [0.2, 0.25) is 0 Å². The van der Waals surface area contributed by atoms with Crippen LogP contribution in [-0.2, 0) is 5.75 Å². The van der Waals surface area contributed by atoms with Crippen molar-refractivity contribution in [3.05, 3.63) is 76.2 Å². The monoisotopic (exact) mass is 390 g/mol. The Labute approximate surface area is 165 Å². The van der Waals surface area contributed by atoms with E-state index in [9.17, 15) is 4.79 Å². The highest BCUT2D eigenvalue weighted by atomic mass is 32.2. The van der Waals surface area contributed by atoms with Gasteiger partial charge in [0.1, 0.15) is 0 Å². The van der Waals surface area contributed by atoms with Crippen molar-refractivity contribution in [1.29, 1.82) is 0 Å². The smallest absolute Gasteiger partial charge is 0.266 e. The first-order chi connectivity index (χ1) is 13.7. The lowest BCUT2D eigenvalue weighted by atomic mass is 10.2. The van der Waals surface area contributed by atoms with Crippen molar-refractivity contribution in [3.8, 4) is 5.69 Å². The van der Waals surface area contributed by atoms with Crippen LogP contribution in [0.4, 0.5) is 0 Å². The predicted molar refractivity (Wildman–Crippen MR) is 108 cm³/mol. The molecule has 4 aromatic rings. The first kappa shape index (κ1) is 17.2. The van der Waals surface area contributed by atoms with Crippen molar-refractivity contribution in [3.63, 3.8) is 0 Å². The van der Waals surface area contributed by atoms with Gasteiger partial charge in [-0.1, -0.05) is 46.7 Å². The Morgan fingerprint density at radius 2 is 1.89 bits per heavy atom. The third-order valence-electron chi connectivity index (χ3n) is 4.78. The minimum absolute atomic E-state index is 0.0799. The van der Waals surface area contributed by atoms with E-state index in [1.54, 1.807) is 4.57 Å². The molecule has 1 aliphatic rings. The van der Waals surface area contributed by atoms with Crippen LogP contribution in [0, 0.1) is 6.92 Å². The Morgan fingerprint density at radius 3 is 2.68 bits per heavy atom. The standard InChI is InChI=1S/C21H18N4O2S/c1-13-6-10-15(11-7-13)25-20(26)16-4-2-3-5-17(16)22-21(25)28-12-18-23-19(27-24-18)14-8-9-14/h2-7,10-11,14H,8-9,12H2,1H3. The second kappa shape index (κ2) is 6.91. The Hall–Kier alpha value is -2.93. The number of aromatic nitrogens is 4. The molecule has 28 heavy (non-hydrogen) atoms. The fourth-order valence-corrected chi connectivity index (χ4v) is 3.94. The van der Waals surface area contributed by atoms with Crippen molar-refractivity contribution >= 4 is 22.7 Å². The molecule has 0 bridgehead atoms. The maximum absolute atomic E-state index is 13.2. The van der Waals surface area contributed by atoms with Crippen molar-refractivity contribution < 1.29 is 4.52 Å². The van der Waals surface area contributed by atoms with Crippen LogP contribution in [-0.4, -0.2) is 19.7 Å². The van der Waals surface area contributed by atoms with E-state index in [2.05, 4.69) is 10.1 Å². The highest BCUT2D eigenvalue weighted by Gasteiger charge is 2.29. The van der Waals surface area contributed by atoms with E-state index in [0.29, 0.717) is 33.6 Å². The van der Waals surface area contributed by atoms with Crippen LogP contribution in [0.25, 0.3) is 16.6 Å². The predicted octanol–water partition coefficient (Wildman–Crippen LogP) is 4.25. The van der Waals surface area contributed by atoms with Crippen molar-refractivity contribution in [2.24, 2.45) is 0 Å². The number of rotatable bonds is 5. The van der Waals surface area contributed by atoms with Gasteiger partial charge in [-0.05, 0) is 44.0 Å². The molecule has 1 fully saturated rings. The number of para-hydroxylation sites is 1. The minimum atomic E-state index is -0.0799. The second-order valence-corrected chi connectivity index (χ2v) is 7.94. The Kier molecular flexibility index (Phi) is 4.24. The highest BCUT2D eigenvalue weighted by Crippen LogP contribution is 2.39. The lowest BCUT2D eigenvalue weighted by Gasteiger charge is -2.13. The van der Waals surface area contributed by atoms with Crippen LogP contribution in [0.15, 0.2) is 63.0 Å². The van der Waals surface area contributed by atoms with Crippen LogP contribution in [0.3, 0.4) is 0 Å². The Balaban J connectivity index is 1.56. The zero-order chi connectivity index (χ0) is 19.1. The van der Waals surface area contributed by atoms with E-state index in [1.807, 2.05) is 55.5 Å². The van der Waals surface area contributed by atoms with Gasteiger partial charge in [0.25, 0.3) is 5.56 Å². The molecule has 1 aliphatic carbocycles. The minimum Gasteiger partial charge on any atom is -0.339 e. The summed E-state index contributed by atoms with van der Waals surface area (Å²) in [7, 11) is 0. The third kappa shape index (κ3) is 3.22. The number of benzene rings is 2. The molecular weight excluding hydrogens is 372 g/mol. The molecule has 0 N–H and O–H groups in total. The number of thioether (sulfide) groups is 1. The van der Waals surface area contributed by atoms with Gasteiger partial charge in [0.2, 0.25) is 5.89 Å². The summed E-state index contributed by atoms with van der Waals surface area (Å²) in [6.45, 7) is 2.02. The number of aryl methyl sites for hydroxylation is 1. The maximum Gasteiger partial charge on any atom is 0.266 e. The fraction of sp³-hybridized carbons (Fsp3) is 0.238. The lowest BCUT2D eigenvalue weighted by molar-refractivity contribution is 0.375. The maximum atomic E-state index is 13.2. The van der Waals surface area contributed by atoms with Gasteiger partial charge in [0.15, 0.2) is 11.0 Å². The molecule has 0 spiro atoms. The quantitative estimate of drug-likeness (QED) is 0.375. The SMILES string of the molecule is Cc1ccc(-n2c(SCc3noc(C4CC4)n3)nc3ccccc3c2=O)cc1. The summed E-state index contributed by atoms with van der Waals surface area (Å²) in [5, 5.41) is 5.29. The number of hydrogen-bond donors (Lipinski definition) is 0. The Morgan fingerprint density at radius 1 is 1.11 bits per heavy atom. The summed E-state index contributed by atoms with van der Waals surface area (Å²) in [6.07, 6.45) is 2.24. The van der Waals surface area contributed by atoms with Crippen LogP contribution in [0.5, 0.6) is 0 Å². The largest absolute Gasteiger partial charge is 0.339 e. The molecule has 0 atom stereocenters. The first-order valence-electron chi connectivity index (χ1n) is 9.23. The van der Waals surface area contributed by atoms with E-state index in [4.69, 9.17) is 9.51 Å². The summed E-state index contributed by atoms with van der Waals surface area (Å²) in [6, 6.07) is 15.3. The summed E-state index contributed by atoms with van der Waals surface area (Å²) in [5.41, 5.74) is 2.54. The molecule has 140 valence electrons. The normalized spacial score (nSPS) is 13.9. The zero-order valence-corrected chi connectivity index (χ0v) is 16.1. The zero-order valence-electron chi connectivity index (χ0n) is 15.3. The van der Waals surface area contributed by atoms with Crippen LogP contribution >= 0.6 is 11.8 Å². The van der Waals surface area contributed by atoms with Gasteiger partial charge in [-0.25, -0.2) is 4.98 Å². The van der Waals surface area contributed by atoms with E-state index in [1.165, 1.54) is 11.8 Å². The number of fused-ring (bicyclic) bond motifs is 1. The molecule has 0 unspecified atom stereocenters. The van der Waals surface area contributed by atoms with Crippen molar-refractivity contribution in [2.75, 3.05) is 0 Å². The molecule has 2 heterocycles. The molecule has 5 rings (SSSR count). The molecule has 2 aromatic carbocycles. The molecular formula is C21H18N4O2S. The van der Waals surface area contributed by atoms with E-state index >= 15 is 0 Å². The second-order valence-electron chi connectivity index (χ2n) is 7.00. The molecule has 0 radical (unpaired) electrons. The summed E-state index contributed by atoms with van der Waals surface area (Å²) < 4.78 is 7.00. The van der Waals surface area contributed by atoms with Gasteiger partial charge in [-0.3, -0.25) is 9.36 Å². The molecule has 7 heteroatoms. The average molecular weight is 390 g/mol. The molecule has 6 nitrogen and oxygen atoms in total. The van der Waals surface area contributed by atoms with Gasteiger partial charge >= 0.3 is 0 Å². The van der Waals surface area contributed by atoms with Gasteiger partial charge < -0.3 is 4.52 Å².